The van der Waals surface area contributed by atoms with E-state index in [1.54, 1.807) is 6.07 Å². The first kappa shape index (κ1) is 15.8. The van der Waals surface area contributed by atoms with Crippen LogP contribution in [0.25, 0.3) is 0 Å². The maximum Gasteiger partial charge on any atom is 0.269 e. The summed E-state index contributed by atoms with van der Waals surface area (Å²) in [5.41, 5.74) is 1.78. The number of amides is 2. The summed E-state index contributed by atoms with van der Waals surface area (Å²) in [6.07, 6.45) is 6.61. The Labute approximate surface area is 145 Å². The predicted molar refractivity (Wildman–Crippen MR) is 92.4 cm³/mol. The third kappa shape index (κ3) is 3.01. The average molecular weight is 339 g/mol. The molecule has 130 valence electrons. The SMILES string of the molecule is CNC(=O)c1ccc(C(=O)Nc2cc(C3CC4CCC3C4)[nH]n2)cn1. The van der Waals surface area contributed by atoms with Crippen LogP contribution < -0.4 is 10.6 Å². The zero-order valence-electron chi connectivity index (χ0n) is 14.1. The highest BCUT2D eigenvalue weighted by Gasteiger charge is 2.40. The van der Waals surface area contributed by atoms with Gasteiger partial charge < -0.3 is 10.6 Å². The smallest absolute Gasteiger partial charge is 0.269 e. The van der Waals surface area contributed by atoms with Gasteiger partial charge in [0, 0.05) is 30.9 Å². The summed E-state index contributed by atoms with van der Waals surface area (Å²) in [4.78, 5) is 27.8. The molecule has 2 heterocycles. The number of pyridine rings is 1. The first-order chi connectivity index (χ1) is 12.1. The van der Waals surface area contributed by atoms with Crippen LogP contribution >= 0.6 is 0 Å². The van der Waals surface area contributed by atoms with E-state index in [9.17, 15) is 9.59 Å². The van der Waals surface area contributed by atoms with Gasteiger partial charge in [0.1, 0.15) is 5.69 Å². The molecule has 0 saturated heterocycles. The summed E-state index contributed by atoms with van der Waals surface area (Å²) in [6, 6.07) is 5.05. The summed E-state index contributed by atoms with van der Waals surface area (Å²) in [6.45, 7) is 0. The molecule has 3 atom stereocenters. The molecule has 3 unspecified atom stereocenters. The molecule has 2 fully saturated rings. The molecule has 3 N–H and O–H groups in total. The average Bonchev–Trinajstić information content (AvgIpc) is 3.37. The van der Waals surface area contributed by atoms with Crippen molar-refractivity contribution in [3.05, 3.63) is 41.3 Å². The van der Waals surface area contributed by atoms with Crippen LogP contribution in [0.3, 0.4) is 0 Å². The molecular formula is C18H21N5O2. The van der Waals surface area contributed by atoms with Gasteiger partial charge in [-0.2, -0.15) is 5.10 Å². The van der Waals surface area contributed by atoms with Crippen LogP contribution in [0.2, 0.25) is 0 Å². The number of hydrogen-bond donors (Lipinski definition) is 3. The van der Waals surface area contributed by atoms with Crippen molar-refractivity contribution >= 4 is 17.6 Å². The van der Waals surface area contributed by atoms with Gasteiger partial charge in [0.2, 0.25) is 0 Å². The van der Waals surface area contributed by atoms with Gasteiger partial charge in [0.15, 0.2) is 5.82 Å². The molecule has 0 radical (unpaired) electrons. The van der Waals surface area contributed by atoms with E-state index in [1.807, 2.05) is 6.07 Å². The fraction of sp³-hybridized carbons (Fsp3) is 0.444. The minimum Gasteiger partial charge on any atom is -0.354 e. The number of aromatic amines is 1. The second-order valence-corrected chi connectivity index (χ2v) is 6.96. The number of anilines is 1. The number of fused-ring (bicyclic) bond motifs is 2. The number of H-pyrrole nitrogens is 1. The van der Waals surface area contributed by atoms with Crippen LogP contribution in [0, 0.1) is 11.8 Å². The molecule has 0 aromatic carbocycles. The number of carbonyl (C=O) groups is 2. The molecule has 0 aliphatic heterocycles. The van der Waals surface area contributed by atoms with Crippen LogP contribution in [-0.2, 0) is 0 Å². The Morgan fingerprint density at radius 2 is 2.08 bits per heavy atom. The Balaban J connectivity index is 1.42. The number of rotatable bonds is 4. The second kappa shape index (κ2) is 6.31. The van der Waals surface area contributed by atoms with E-state index >= 15 is 0 Å². The number of hydrogen-bond acceptors (Lipinski definition) is 4. The van der Waals surface area contributed by atoms with Gasteiger partial charge in [-0.1, -0.05) is 6.42 Å². The Kier molecular flexibility index (Phi) is 3.99. The molecule has 0 spiro atoms. The monoisotopic (exact) mass is 339 g/mol. The van der Waals surface area contributed by atoms with Crippen LogP contribution in [0.15, 0.2) is 24.4 Å². The molecule has 2 saturated carbocycles. The minimum atomic E-state index is -0.290. The fourth-order valence-electron chi connectivity index (χ4n) is 4.20. The van der Waals surface area contributed by atoms with Crippen molar-refractivity contribution in [1.82, 2.24) is 20.5 Å². The van der Waals surface area contributed by atoms with E-state index in [1.165, 1.54) is 45.0 Å². The maximum absolute atomic E-state index is 12.3. The lowest BCUT2D eigenvalue weighted by molar-refractivity contribution is 0.0955. The lowest BCUT2D eigenvalue weighted by atomic mass is 9.86. The standard InChI is InChI=1S/C18H21N5O2/c1-19-18(25)14-5-4-12(9-20-14)17(24)21-16-8-15(22-23-16)13-7-10-2-3-11(13)6-10/h4-5,8-11,13H,2-3,6-7H2,1H3,(H,19,25)(H2,21,22,23,24). The van der Waals surface area contributed by atoms with Gasteiger partial charge in [-0.05, 0) is 43.2 Å². The van der Waals surface area contributed by atoms with Crippen LogP contribution in [0.4, 0.5) is 5.82 Å². The lowest BCUT2D eigenvalue weighted by Crippen LogP contribution is -2.20. The molecule has 7 nitrogen and oxygen atoms in total. The van der Waals surface area contributed by atoms with Gasteiger partial charge >= 0.3 is 0 Å². The van der Waals surface area contributed by atoms with Crippen molar-refractivity contribution < 1.29 is 9.59 Å². The molecule has 2 aliphatic rings. The first-order valence-electron chi connectivity index (χ1n) is 8.69. The van der Waals surface area contributed by atoms with Crippen LogP contribution in [0.5, 0.6) is 0 Å². The molecule has 7 heteroatoms. The van der Waals surface area contributed by atoms with Gasteiger partial charge in [0.05, 0.1) is 5.56 Å². The number of aromatic nitrogens is 3. The minimum absolute atomic E-state index is 0.275. The topological polar surface area (TPSA) is 99.8 Å². The van der Waals surface area contributed by atoms with Gasteiger partial charge in [-0.3, -0.25) is 19.7 Å². The number of carbonyl (C=O) groups excluding carboxylic acids is 2. The summed E-state index contributed by atoms with van der Waals surface area (Å²) >= 11 is 0. The second-order valence-electron chi connectivity index (χ2n) is 6.96. The van der Waals surface area contributed by atoms with E-state index < -0.39 is 0 Å². The predicted octanol–water partition coefficient (Wildman–Crippen LogP) is 2.32. The largest absolute Gasteiger partial charge is 0.354 e. The van der Waals surface area contributed by atoms with Gasteiger partial charge in [-0.15, -0.1) is 0 Å². The fourth-order valence-corrected chi connectivity index (χ4v) is 4.20. The normalized spacial score (nSPS) is 24.3. The third-order valence-corrected chi connectivity index (χ3v) is 5.46. The molecule has 2 aliphatic carbocycles. The number of nitrogens with one attached hydrogen (secondary N) is 3. The molecule has 4 rings (SSSR count). The highest BCUT2D eigenvalue weighted by molar-refractivity contribution is 6.04. The van der Waals surface area contributed by atoms with Crippen molar-refractivity contribution in [2.24, 2.45) is 11.8 Å². The van der Waals surface area contributed by atoms with E-state index in [4.69, 9.17) is 0 Å². The molecule has 2 aromatic rings. The van der Waals surface area contributed by atoms with E-state index in [-0.39, 0.29) is 17.5 Å². The summed E-state index contributed by atoms with van der Waals surface area (Å²) in [5, 5.41) is 12.6. The third-order valence-electron chi connectivity index (χ3n) is 5.46. The quantitative estimate of drug-likeness (QED) is 0.796. The Hall–Kier alpha value is -2.70. The van der Waals surface area contributed by atoms with Crippen molar-refractivity contribution in [2.75, 3.05) is 12.4 Å². The van der Waals surface area contributed by atoms with Crippen LogP contribution in [-0.4, -0.2) is 34.0 Å². The molecule has 25 heavy (non-hydrogen) atoms. The zero-order valence-corrected chi connectivity index (χ0v) is 14.1. The first-order valence-corrected chi connectivity index (χ1v) is 8.69. The van der Waals surface area contributed by atoms with Crippen LogP contribution in [0.1, 0.15) is 58.1 Å². The van der Waals surface area contributed by atoms with Gasteiger partial charge in [0.25, 0.3) is 11.8 Å². The Morgan fingerprint density at radius 3 is 2.72 bits per heavy atom. The highest BCUT2D eigenvalue weighted by atomic mass is 16.2. The van der Waals surface area contributed by atoms with Crippen molar-refractivity contribution in [1.29, 1.82) is 0 Å². The summed E-state index contributed by atoms with van der Waals surface area (Å²) in [7, 11) is 1.54. The van der Waals surface area contributed by atoms with Crippen molar-refractivity contribution in [3.8, 4) is 0 Å². The molecule has 2 amide bonds. The Bertz CT molecular complexity index is 798. The lowest BCUT2D eigenvalue weighted by Gasteiger charge is -2.19. The number of nitrogens with zero attached hydrogens (tertiary/aromatic N) is 2. The maximum atomic E-state index is 12.3. The van der Waals surface area contributed by atoms with E-state index in [2.05, 4.69) is 25.8 Å². The van der Waals surface area contributed by atoms with Crippen molar-refractivity contribution in [2.45, 2.75) is 31.6 Å². The summed E-state index contributed by atoms with van der Waals surface area (Å²) < 4.78 is 0. The van der Waals surface area contributed by atoms with Gasteiger partial charge in [-0.25, -0.2) is 0 Å². The van der Waals surface area contributed by atoms with E-state index in [0.717, 1.165) is 17.5 Å². The highest BCUT2D eigenvalue weighted by Crippen LogP contribution is 2.52. The zero-order chi connectivity index (χ0) is 17.4. The Morgan fingerprint density at radius 1 is 1.20 bits per heavy atom. The molecule has 2 bridgehead atoms. The van der Waals surface area contributed by atoms with Crippen molar-refractivity contribution in [3.63, 3.8) is 0 Å². The molecule has 2 aromatic heterocycles. The summed E-state index contributed by atoms with van der Waals surface area (Å²) in [5.74, 6) is 2.12. The van der Waals surface area contributed by atoms with E-state index in [0.29, 0.717) is 17.3 Å². The molecular weight excluding hydrogens is 318 g/mol.